The fourth-order valence-corrected chi connectivity index (χ4v) is 4.04. The van der Waals surface area contributed by atoms with Gasteiger partial charge in [-0.2, -0.15) is 0 Å². The number of hydrogen-bond acceptors (Lipinski definition) is 0. The van der Waals surface area contributed by atoms with Crippen LogP contribution in [0.15, 0.2) is 29.8 Å². The number of fused-ring (bicyclic) bond motifs is 1. The summed E-state index contributed by atoms with van der Waals surface area (Å²) < 4.78 is 13.3. The first-order valence-electron chi connectivity index (χ1n) is 8.69. The van der Waals surface area contributed by atoms with Gasteiger partial charge < -0.3 is 0 Å². The van der Waals surface area contributed by atoms with Crippen molar-refractivity contribution in [1.29, 1.82) is 0 Å². The summed E-state index contributed by atoms with van der Waals surface area (Å²) in [6, 6.07) is 5.27. The first kappa shape index (κ1) is 14.8. The molecule has 0 saturated heterocycles. The average molecular weight is 286 g/mol. The minimum Gasteiger partial charge on any atom is -0.207 e. The Kier molecular flexibility index (Phi) is 4.77. The summed E-state index contributed by atoms with van der Waals surface area (Å²) in [6.45, 7) is 2.33. The lowest BCUT2D eigenvalue weighted by Gasteiger charge is -2.28. The van der Waals surface area contributed by atoms with Crippen LogP contribution in [-0.2, 0) is 12.8 Å². The van der Waals surface area contributed by atoms with Gasteiger partial charge in [0.05, 0.1) is 0 Å². The molecule has 0 N–H and O–H groups in total. The standard InChI is InChI=1S/C20H27F/c1-2-15-3-5-16(6-4-15)7-8-17-9-10-18-11-12-20(21)14-19(18)13-17/h9,11-12,14-16H,2-8,10,13H2,1H3. The number of benzene rings is 1. The van der Waals surface area contributed by atoms with Crippen LogP contribution >= 0.6 is 0 Å². The lowest BCUT2D eigenvalue weighted by atomic mass is 9.78. The van der Waals surface area contributed by atoms with Gasteiger partial charge in [0.25, 0.3) is 0 Å². The van der Waals surface area contributed by atoms with Gasteiger partial charge in [-0.3, -0.25) is 0 Å². The van der Waals surface area contributed by atoms with Crippen molar-refractivity contribution in [1.82, 2.24) is 0 Å². The zero-order valence-electron chi connectivity index (χ0n) is 13.2. The molecule has 2 aliphatic rings. The van der Waals surface area contributed by atoms with Gasteiger partial charge in [-0.25, -0.2) is 4.39 Å². The highest BCUT2D eigenvalue weighted by atomic mass is 19.1. The monoisotopic (exact) mass is 286 g/mol. The Morgan fingerprint density at radius 2 is 1.81 bits per heavy atom. The third kappa shape index (κ3) is 3.75. The van der Waals surface area contributed by atoms with Crippen molar-refractivity contribution in [3.63, 3.8) is 0 Å². The number of allylic oxidation sites excluding steroid dienone is 2. The van der Waals surface area contributed by atoms with E-state index in [0.29, 0.717) is 0 Å². The van der Waals surface area contributed by atoms with Crippen LogP contribution in [0.3, 0.4) is 0 Å². The van der Waals surface area contributed by atoms with Crippen molar-refractivity contribution in [3.8, 4) is 0 Å². The molecule has 1 saturated carbocycles. The molecule has 1 aromatic carbocycles. The zero-order chi connectivity index (χ0) is 14.7. The highest BCUT2D eigenvalue weighted by Crippen LogP contribution is 2.34. The van der Waals surface area contributed by atoms with Crippen molar-refractivity contribution >= 4 is 0 Å². The van der Waals surface area contributed by atoms with Crippen LogP contribution in [0.5, 0.6) is 0 Å². The van der Waals surface area contributed by atoms with Crippen LogP contribution in [-0.4, -0.2) is 0 Å². The molecule has 0 aromatic heterocycles. The number of hydrogen-bond donors (Lipinski definition) is 0. The maximum Gasteiger partial charge on any atom is 0.123 e. The van der Waals surface area contributed by atoms with Crippen LogP contribution in [0, 0.1) is 17.7 Å². The van der Waals surface area contributed by atoms with Crippen molar-refractivity contribution in [2.24, 2.45) is 11.8 Å². The maximum atomic E-state index is 13.3. The second kappa shape index (κ2) is 6.77. The molecule has 0 aliphatic heterocycles. The van der Waals surface area contributed by atoms with E-state index in [9.17, 15) is 4.39 Å². The van der Waals surface area contributed by atoms with E-state index in [-0.39, 0.29) is 5.82 Å². The summed E-state index contributed by atoms with van der Waals surface area (Å²) >= 11 is 0. The molecule has 114 valence electrons. The molecule has 2 aliphatic carbocycles. The van der Waals surface area contributed by atoms with Gasteiger partial charge in [0, 0.05) is 0 Å². The Labute approximate surface area is 128 Å². The first-order chi connectivity index (χ1) is 10.2. The Balaban J connectivity index is 1.50. The van der Waals surface area contributed by atoms with Gasteiger partial charge in [0.15, 0.2) is 0 Å². The number of rotatable bonds is 4. The molecule has 0 nitrogen and oxygen atoms in total. The normalized spacial score (nSPS) is 25.3. The second-order valence-electron chi connectivity index (χ2n) is 6.99. The van der Waals surface area contributed by atoms with Gasteiger partial charge in [-0.15, -0.1) is 0 Å². The van der Waals surface area contributed by atoms with Gasteiger partial charge in [-0.1, -0.05) is 56.7 Å². The van der Waals surface area contributed by atoms with E-state index >= 15 is 0 Å². The molecule has 0 spiro atoms. The van der Waals surface area contributed by atoms with Crippen LogP contribution < -0.4 is 0 Å². The maximum absolute atomic E-state index is 13.3. The SMILES string of the molecule is CCC1CCC(CCC2=CCc3ccc(F)cc3C2)CC1. The van der Waals surface area contributed by atoms with E-state index < -0.39 is 0 Å². The van der Waals surface area contributed by atoms with E-state index in [1.165, 1.54) is 61.6 Å². The third-order valence-corrected chi connectivity index (χ3v) is 5.61. The van der Waals surface area contributed by atoms with Gasteiger partial charge in [-0.05, 0) is 60.8 Å². The predicted octanol–water partition coefficient (Wildman–Crippen LogP) is 5.85. The van der Waals surface area contributed by atoms with Gasteiger partial charge in [0.2, 0.25) is 0 Å². The van der Waals surface area contributed by atoms with E-state index in [2.05, 4.69) is 13.0 Å². The van der Waals surface area contributed by atoms with E-state index in [0.717, 1.165) is 24.7 Å². The van der Waals surface area contributed by atoms with Crippen LogP contribution in [0.25, 0.3) is 0 Å². The highest BCUT2D eigenvalue weighted by molar-refractivity contribution is 5.37. The topological polar surface area (TPSA) is 0 Å². The molecule has 0 bridgehead atoms. The zero-order valence-corrected chi connectivity index (χ0v) is 13.2. The van der Waals surface area contributed by atoms with Crippen molar-refractivity contribution in [3.05, 3.63) is 46.8 Å². The average Bonchev–Trinajstić information content (AvgIpc) is 2.53. The van der Waals surface area contributed by atoms with E-state index in [1.54, 1.807) is 12.1 Å². The van der Waals surface area contributed by atoms with Crippen molar-refractivity contribution in [2.75, 3.05) is 0 Å². The minimum atomic E-state index is -0.0899. The molecular weight excluding hydrogens is 259 g/mol. The second-order valence-corrected chi connectivity index (χ2v) is 6.99. The molecular formula is C20H27F. The molecule has 1 heteroatoms. The minimum absolute atomic E-state index is 0.0899. The lowest BCUT2D eigenvalue weighted by molar-refractivity contribution is 0.258. The Hall–Kier alpha value is -1.11. The third-order valence-electron chi connectivity index (χ3n) is 5.61. The number of halogens is 1. The highest BCUT2D eigenvalue weighted by Gasteiger charge is 2.20. The molecule has 0 heterocycles. The van der Waals surface area contributed by atoms with Crippen molar-refractivity contribution in [2.45, 2.75) is 64.7 Å². The Morgan fingerprint density at radius 3 is 2.57 bits per heavy atom. The van der Waals surface area contributed by atoms with E-state index in [1.807, 2.05) is 6.07 Å². The fraction of sp³-hybridized carbons (Fsp3) is 0.600. The first-order valence-corrected chi connectivity index (χ1v) is 8.69. The predicted molar refractivity (Wildman–Crippen MR) is 86.9 cm³/mol. The summed E-state index contributed by atoms with van der Waals surface area (Å²) in [5.74, 6) is 1.83. The van der Waals surface area contributed by atoms with Gasteiger partial charge >= 0.3 is 0 Å². The van der Waals surface area contributed by atoms with Crippen LogP contribution in [0.4, 0.5) is 4.39 Å². The summed E-state index contributed by atoms with van der Waals surface area (Å²) in [4.78, 5) is 0. The molecule has 0 amide bonds. The van der Waals surface area contributed by atoms with Gasteiger partial charge in [0.1, 0.15) is 5.82 Å². The Morgan fingerprint density at radius 1 is 1.05 bits per heavy atom. The quantitative estimate of drug-likeness (QED) is 0.609. The molecule has 0 radical (unpaired) electrons. The molecule has 0 atom stereocenters. The Bertz CT molecular complexity index is 507. The molecule has 21 heavy (non-hydrogen) atoms. The molecule has 1 aromatic rings. The summed E-state index contributed by atoms with van der Waals surface area (Å²) in [5, 5.41) is 0. The van der Waals surface area contributed by atoms with Crippen LogP contribution in [0.1, 0.15) is 63.0 Å². The smallest absolute Gasteiger partial charge is 0.123 e. The summed E-state index contributed by atoms with van der Waals surface area (Å²) in [7, 11) is 0. The van der Waals surface area contributed by atoms with Crippen LogP contribution in [0.2, 0.25) is 0 Å². The molecule has 0 unspecified atom stereocenters. The van der Waals surface area contributed by atoms with E-state index in [4.69, 9.17) is 0 Å². The molecule has 3 rings (SSSR count). The largest absolute Gasteiger partial charge is 0.207 e. The fourth-order valence-electron chi connectivity index (χ4n) is 4.04. The summed E-state index contributed by atoms with van der Waals surface area (Å²) in [6.07, 6.45) is 14.0. The lowest BCUT2D eigenvalue weighted by Crippen LogP contribution is -2.14. The summed E-state index contributed by atoms with van der Waals surface area (Å²) in [5.41, 5.74) is 4.05. The molecule has 1 fully saturated rings. The van der Waals surface area contributed by atoms with Crippen molar-refractivity contribution < 1.29 is 4.39 Å².